The molecule has 2 heterocycles. The van der Waals surface area contributed by atoms with Crippen LogP contribution < -0.4 is 0 Å². The highest BCUT2D eigenvalue weighted by Gasteiger charge is 2.36. The molecule has 36 heavy (non-hydrogen) atoms. The van der Waals surface area contributed by atoms with Gasteiger partial charge in [0.25, 0.3) is 0 Å². The van der Waals surface area contributed by atoms with E-state index in [1.807, 2.05) is 30.3 Å². The lowest BCUT2D eigenvalue weighted by Gasteiger charge is -2.30. The molecule has 1 aromatic rings. The van der Waals surface area contributed by atoms with Crippen molar-refractivity contribution in [3.63, 3.8) is 0 Å². The smallest absolute Gasteiger partial charge is 0.309 e. The van der Waals surface area contributed by atoms with Crippen LogP contribution in [-0.4, -0.2) is 71.1 Å². The quantitative estimate of drug-likeness (QED) is 0.334. The van der Waals surface area contributed by atoms with Gasteiger partial charge in [-0.3, -0.25) is 14.4 Å². The molecule has 2 aliphatic rings. The second kappa shape index (κ2) is 14.0. The van der Waals surface area contributed by atoms with E-state index in [9.17, 15) is 19.5 Å². The highest BCUT2D eigenvalue weighted by Crippen LogP contribution is 2.26. The van der Waals surface area contributed by atoms with Gasteiger partial charge in [-0.2, -0.15) is 0 Å². The molecule has 7 nitrogen and oxygen atoms in total. The monoisotopic (exact) mass is 496 g/mol. The summed E-state index contributed by atoms with van der Waals surface area (Å²) >= 11 is 0. The minimum Gasteiger partial charge on any atom is -0.463 e. The zero-order valence-corrected chi connectivity index (χ0v) is 21.2. The van der Waals surface area contributed by atoms with Crippen molar-refractivity contribution in [2.45, 2.75) is 63.5 Å². The van der Waals surface area contributed by atoms with Crippen LogP contribution in [0.4, 0.5) is 0 Å². The zero-order valence-electron chi connectivity index (χ0n) is 21.2. The molecule has 1 aromatic carbocycles. The van der Waals surface area contributed by atoms with Crippen molar-refractivity contribution in [2.24, 2.45) is 11.8 Å². The van der Waals surface area contributed by atoms with Crippen LogP contribution in [-0.2, 0) is 25.5 Å². The second-order valence-electron chi connectivity index (χ2n) is 9.86. The van der Waals surface area contributed by atoms with Gasteiger partial charge in [0.15, 0.2) is 0 Å². The fraction of sp³-hybridized carbons (Fsp3) is 0.552. The number of carbonyl (C=O) groups excluding carboxylic acids is 3. The molecule has 0 radical (unpaired) electrons. The third-order valence-corrected chi connectivity index (χ3v) is 7.32. The van der Waals surface area contributed by atoms with Crippen LogP contribution in [0.2, 0.25) is 0 Å². The molecule has 2 saturated heterocycles. The molecular formula is C29H40N2O5. The number of nitrogens with zero attached hydrogens (tertiary/aromatic N) is 2. The predicted octanol–water partition coefficient (Wildman–Crippen LogP) is 3.52. The van der Waals surface area contributed by atoms with Crippen molar-refractivity contribution in [2.75, 3.05) is 26.3 Å². The van der Waals surface area contributed by atoms with Gasteiger partial charge < -0.3 is 19.6 Å². The average molecular weight is 497 g/mol. The third-order valence-electron chi connectivity index (χ3n) is 7.32. The van der Waals surface area contributed by atoms with E-state index >= 15 is 0 Å². The summed E-state index contributed by atoms with van der Waals surface area (Å²) in [5.74, 6) is -1.28. The van der Waals surface area contributed by atoms with Gasteiger partial charge in [0.1, 0.15) is 6.61 Å². The Balaban J connectivity index is 1.59. The number of aliphatic hydroxyl groups excluding tert-OH is 1. The van der Waals surface area contributed by atoms with E-state index in [1.165, 1.54) is 0 Å². The predicted molar refractivity (Wildman–Crippen MR) is 139 cm³/mol. The lowest BCUT2D eigenvalue weighted by molar-refractivity contribution is -0.152. The summed E-state index contributed by atoms with van der Waals surface area (Å²) < 4.78 is 5.72. The SMILES string of the molecule is C=CCC(Cc1ccccc1)C(=O)OCC1CCCN1C(=O)C(CC=C)CC(=O)N1CCCC1CO. The largest absolute Gasteiger partial charge is 0.463 e. The van der Waals surface area contributed by atoms with Gasteiger partial charge in [0, 0.05) is 19.5 Å². The molecule has 2 fully saturated rings. The van der Waals surface area contributed by atoms with Crippen LogP contribution in [0.5, 0.6) is 0 Å². The molecule has 2 aliphatic heterocycles. The maximum Gasteiger partial charge on any atom is 0.309 e. The molecule has 2 amide bonds. The van der Waals surface area contributed by atoms with Crippen LogP contribution in [0.25, 0.3) is 0 Å². The van der Waals surface area contributed by atoms with Crippen LogP contribution >= 0.6 is 0 Å². The van der Waals surface area contributed by atoms with Gasteiger partial charge in [-0.15, -0.1) is 13.2 Å². The topological polar surface area (TPSA) is 87.2 Å². The molecule has 0 aromatic heterocycles. The van der Waals surface area contributed by atoms with Crippen molar-refractivity contribution in [1.82, 2.24) is 9.80 Å². The lowest BCUT2D eigenvalue weighted by Crippen LogP contribution is -2.45. The van der Waals surface area contributed by atoms with Crippen molar-refractivity contribution in [3.05, 3.63) is 61.2 Å². The number of rotatable bonds is 13. The van der Waals surface area contributed by atoms with Gasteiger partial charge in [0.05, 0.1) is 30.5 Å². The van der Waals surface area contributed by atoms with E-state index in [1.54, 1.807) is 22.0 Å². The number of carbonyl (C=O) groups is 3. The number of ether oxygens (including phenoxy) is 1. The standard InChI is InChI=1S/C29H40N2O5/c1-3-10-23(19-27(33)30-16-8-14-25(30)20-32)28(34)31-17-9-15-26(31)21-36-29(35)24(11-4-2)18-22-12-6-5-7-13-22/h3-7,12-13,23-26,32H,1-2,8-11,14-21H2. The Morgan fingerprint density at radius 2 is 1.61 bits per heavy atom. The minimum absolute atomic E-state index is 0.0531. The van der Waals surface area contributed by atoms with Crippen molar-refractivity contribution in [3.8, 4) is 0 Å². The Hall–Kier alpha value is -2.93. The third kappa shape index (κ3) is 7.29. The molecular weight excluding hydrogens is 456 g/mol. The molecule has 1 N–H and O–H groups in total. The van der Waals surface area contributed by atoms with Crippen molar-refractivity contribution in [1.29, 1.82) is 0 Å². The fourth-order valence-corrected chi connectivity index (χ4v) is 5.35. The van der Waals surface area contributed by atoms with Crippen LogP contribution in [0.1, 0.15) is 50.5 Å². The van der Waals surface area contributed by atoms with Gasteiger partial charge >= 0.3 is 5.97 Å². The molecule has 4 atom stereocenters. The maximum absolute atomic E-state index is 13.5. The Bertz CT molecular complexity index is 902. The van der Waals surface area contributed by atoms with E-state index < -0.39 is 5.92 Å². The fourth-order valence-electron chi connectivity index (χ4n) is 5.35. The maximum atomic E-state index is 13.5. The lowest BCUT2D eigenvalue weighted by atomic mass is 9.96. The number of benzene rings is 1. The Labute approximate surface area is 214 Å². The number of hydrogen-bond acceptors (Lipinski definition) is 5. The van der Waals surface area contributed by atoms with E-state index in [0.29, 0.717) is 32.4 Å². The summed E-state index contributed by atoms with van der Waals surface area (Å²) in [5, 5.41) is 9.57. The molecule has 3 rings (SSSR count). The number of aliphatic hydroxyl groups is 1. The minimum atomic E-state index is -0.502. The number of hydrogen-bond donors (Lipinski definition) is 1. The average Bonchev–Trinajstić information content (AvgIpc) is 3.56. The van der Waals surface area contributed by atoms with E-state index in [-0.39, 0.29) is 55.4 Å². The highest BCUT2D eigenvalue weighted by molar-refractivity contribution is 5.86. The Kier molecular flexibility index (Phi) is 10.7. The first-order chi connectivity index (χ1) is 17.5. The Morgan fingerprint density at radius 1 is 0.972 bits per heavy atom. The molecule has 0 saturated carbocycles. The van der Waals surface area contributed by atoms with Crippen LogP contribution in [0.3, 0.4) is 0 Å². The van der Waals surface area contributed by atoms with Gasteiger partial charge in [-0.05, 0) is 50.5 Å². The molecule has 0 bridgehead atoms. The van der Waals surface area contributed by atoms with Gasteiger partial charge in [-0.1, -0.05) is 42.5 Å². The van der Waals surface area contributed by atoms with Gasteiger partial charge in [-0.25, -0.2) is 0 Å². The van der Waals surface area contributed by atoms with E-state index in [0.717, 1.165) is 31.2 Å². The molecule has 0 aliphatic carbocycles. The van der Waals surface area contributed by atoms with E-state index in [4.69, 9.17) is 4.74 Å². The normalized spacial score (nSPS) is 21.1. The first-order valence-electron chi connectivity index (χ1n) is 13.1. The molecule has 196 valence electrons. The second-order valence-corrected chi connectivity index (χ2v) is 9.86. The Morgan fingerprint density at radius 3 is 2.28 bits per heavy atom. The summed E-state index contributed by atoms with van der Waals surface area (Å²) in [5.41, 5.74) is 1.07. The number of allylic oxidation sites excluding steroid dienone is 2. The highest BCUT2D eigenvalue weighted by atomic mass is 16.5. The number of likely N-dealkylation sites (tertiary alicyclic amines) is 2. The molecule has 7 heteroatoms. The summed E-state index contributed by atoms with van der Waals surface area (Å²) in [6, 6.07) is 9.48. The summed E-state index contributed by atoms with van der Waals surface area (Å²) in [4.78, 5) is 42.8. The first-order valence-corrected chi connectivity index (χ1v) is 13.1. The zero-order chi connectivity index (χ0) is 25.9. The molecule has 0 spiro atoms. The van der Waals surface area contributed by atoms with Crippen LogP contribution in [0.15, 0.2) is 55.6 Å². The summed E-state index contributed by atoms with van der Waals surface area (Å²) in [7, 11) is 0. The van der Waals surface area contributed by atoms with E-state index in [2.05, 4.69) is 13.2 Å². The van der Waals surface area contributed by atoms with Crippen molar-refractivity contribution >= 4 is 17.8 Å². The van der Waals surface area contributed by atoms with Gasteiger partial charge in [0.2, 0.25) is 11.8 Å². The summed E-state index contributed by atoms with van der Waals surface area (Å²) in [6.07, 6.45) is 8.28. The van der Waals surface area contributed by atoms with Crippen LogP contribution in [0, 0.1) is 11.8 Å². The first kappa shape index (κ1) is 27.7. The number of esters is 1. The summed E-state index contributed by atoms with van der Waals surface area (Å²) in [6.45, 7) is 8.88. The molecule has 4 unspecified atom stereocenters. The number of amides is 2. The van der Waals surface area contributed by atoms with Crippen molar-refractivity contribution < 1.29 is 24.2 Å².